The Morgan fingerprint density at radius 3 is 2.59 bits per heavy atom. The number of pyridine rings is 2. The maximum atomic E-state index is 12.9. The van der Waals surface area contributed by atoms with E-state index >= 15 is 0 Å². The Morgan fingerprint density at radius 1 is 1.10 bits per heavy atom. The minimum absolute atomic E-state index is 0.00979. The van der Waals surface area contributed by atoms with Crippen LogP contribution in [0.1, 0.15) is 74.8 Å². The van der Waals surface area contributed by atoms with Crippen LogP contribution in [0.15, 0.2) is 23.1 Å². The molecule has 212 valence electrons. The fourth-order valence-electron chi connectivity index (χ4n) is 4.78. The van der Waals surface area contributed by atoms with Crippen molar-refractivity contribution in [1.29, 1.82) is 0 Å². The summed E-state index contributed by atoms with van der Waals surface area (Å²) < 4.78 is 7.25. The molecule has 2 atom stereocenters. The standard InChI is InChI=1S/C28H39N5O6/c1-5-32-17-22(26(37)21-11-10-18(2)31-27(21)32)28(38)30-14-8-6-7-9-24(35)33-16-20(15-19(33)3)39-25(36)13-12-23(34)29-4/h10-11,17,19-20H,5-9,12-16H2,1-4H3,(H,29,34)(H,30,38)/t19-,20-/m1/s1. The van der Waals surface area contributed by atoms with Gasteiger partial charge in [-0.05, 0) is 45.7 Å². The molecule has 1 saturated heterocycles. The van der Waals surface area contributed by atoms with E-state index in [2.05, 4.69) is 15.6 Å². The van der Waals surface area contributed by atoms with E-state index < -0.39 is 11.9 Å². The summed E-state index contributed by atoms with van der Waals surface area (Å²) in [5.74, 6) is -1.06. The van der Waals surface area contributed by atoms with Gasteiger partial charge in [-0.25, -0.2) is 4.98 Å². The second kappa shape index (κ2) is 13.9. The third kappa shape index (κ3) is 7.87. The molecule has 0 unspecified atom stereocenters. The first-order valence-electron chi connectivity index (χ1n) is 13.6. The van der Waals surface area contributed by atoms with Gasteiger partial charge in [-0.2, -0.15) is 0 Å². The van der Waals surface area contributed by atoms with Crippen LogP contribution in [0.5, 0.6) is 0 Å². The molecule has 2 aromatic heterocycles. The van der Waals surface area contributed by atoms with E-state index in [-0.39, 0.29) is 47.8 Å². The lowest BCUT2D eigenvalue weighted by Crippen LogP contribution is -2.34. The molecule has 2 N–H and O–H groups in total. The summed E-state index contributed by atoms with van der Waals surface area (Å²) in [4.78, 5) is 67.8. The summed E-state index contributed by atoms with van der Waals surface area (Å²) >= 11 is 0. The number of hydrogen-bond acceptors (Lipinski definition) is 7. The largest absolute Gasteiger partial charge is 0.460 e. The van der Waals surface area contributed by atoms with E-state index in [4.69, 9.17) is 4.74 Å². The van der Waals surface area contributed by atoms with Crippen LogP contribution in [-0.4, -0.2) is 70.4 Å². The average Bonchev–Trinajstić information content (AvgIpc) is 3.28. The van der Waals surface area contributed by atoms with Gasteiger partial charge in [-0.3, -0.25) is 24.0 Å². The molecule has 1 aliphatic heterocycles. The highest BCUT2D eigenvalue weighted by molar-refractivity contribution is 5.96. The number of aryl methyl sites for hydroxylation is 2. The molecule has 3 amide bonds. The third-order valence-electron chi connectivity index (χ3n) is 6.99. The van der Waals surface area contributed by atoms with E-state index in [0.717, 1.165) is 12.1 Å². The van der Waals surface area contributed by atoms with Crippen LogP contribution in [-0.2, 0) is 25.7 Å². The van der Waals surface area contributed by atoms with Crippen LogP contribution in [0.25, 0.3) is 11.0 Å². The molecule has 1 aliphatic rings. The summed E-state index contributed by atoms with van der Waals surface area (Å²) in [6.07, 6.45) is 4.33. The number of aromatic nitrogens is 2. The molecular weight excluding hydrogens is 502 g/mol. The van der Waals surface area contributed by atoms with E-state index in [1.165, 1.54) is 7.05 Å². The molecular formula is C28H39N5O6. The quantitative estimate of drug-likeness (QED) is 0.310. The first kappa shape index (κ1) is 29.8. The molecule has 0 bridgehead atoms. The maximum Gasteiger partial charge on any atom is 0.306 e. The lowest BCUT2D eigenvalue weighted by Gasteiger charge is -2.21. The molecule has 0 saturated carbocycles. The van der Waals surface area contributed by atoms with Crippen LogP contribution in [0, 0.1) is 6.92 Å². The number of nitrogens with one attached hydrogen (secondary N) is 2. The summed E-state index contributed by atoms with van der Waals surface area (Å²) in [7, 11) is 1.52. The Hall–Kier alpha value is -3.76. The zero-order valence-corrected chi connectivity index (χ0v) is 23.2. The zero-order valence-electron chi connectivity index (χ0n) is 23.2. The number of ether oxygens (including phenoxy) is 1. The Morgan fingerprint density at radius 2 is 1.87 bits per heavy atom. The van der Waals surface area contributed by atoms with Crippen molar-refractivity contribution in [2.24, 2.45) is 0 Å². The van der Waals surface area contributed by atoms with Crippen LogP contribution in [0.4, 0.5) is 0 Å². The van der Waals surface area contributed by atoms with Crippen LogP contribution >= 0.6 is 0 Å². The summed E-state index contributed by atoms with van der Waals surface area (Å²) in [5, 5.41) is 5.71. The van der Waals surface area contributed by atoms with Crippen molar-refractivity contribution >= 4 is 34.7 Å². The predicted molar refractivity (Wildman–Crippen MR) is 146 cm³/mol. The highest BCUT2D eigenvalue weighted by atomic mass is 16.5. The first-order chi connectivity index (χ1) is 18.6. The Balaban J connectivity index is 1.40. The SMILES string of the molecule is CCn1cc(C(=O)NCCCCCC(=O)N2C[C@H](OC(=O)CCC(=O)NC)C[C@H]2C)c(=O)c2ccc(C)nc21. The molecule has 0 radical (unpaired) electrons. The van der Waals surface area contributed by atoms with Crippen molar-refractivity contribution < 1.29 is 23.9 Å². The van der Waals surface area contributed by atoms with Crippen molar-refractivity contribution in [2.45, 2.75) is 84.4 Å². The Bertz CT molecular complexity index is 1270. The number of carbonyl (C=O) groups is 4. The second-order valence-electron chi connectivity index (χ2n) is 9.96. The molecule has 1 fully saturated rings. The number of likely N-dealkylation sites (tertiary alicyclic amines) is 1. The molecule has 2 aromatic rings. The van der Waals surface area contributed by atoms with E-state index in [9.17, 15) is 24.0 Å². The van der Waals surface area contributed by atoms with E-state index in [1.807, 2.05) is 20.8 Å². The molecule has 3 rings (SSSR count). The number of rotatable bonds is 12. The number of unbranched alkanes of at least 4 members (excludes halogenated alkanes) is 2. The third-order valence-corrected chi connectivity index (χ3v) is 6.99. The average molecular weight is 542 g/mol. The first-order valence-corrected chi connectivity index (χ1v) is 13.6. The highest BCUT2D eigenvalue weighted by Crippen LogP contribution is 2.22. The number of hydrogen-bond donors (Lipinski definition) is 2. The Kier molecular flexibility index (Phi) is 10.6. The van der Waals surface area contributed by atoms with Gasteiger partial charge in [0.05, 0.1) is 18.4 Å². The number of amides is 3. The lowest BCUT2D eigenvalue weighted by atomic mass is 10.1. The van der Waals surface area contributed by atoms with Gasteiger partial charge in [0.25, 0.3) is 5.91 Å². The maximum absolute atomic E-state index is 12.9. The smallest absolute Gasteiger partial charge is 0.306 e. The fourth-order valence-corrected chi connectivity index (χ4v) is 4.78. The van der Waals surface area contributed by atoms with Gasteiger partial charge < -0.3 is 24.8 Å². The van der Waals surface area contributed by atoms with Gasteiger partial charge in [0.1, 0.15) is 17.3 Å². The minimum atomic E-state index is -0.434. The highest BCUT2D eigenvalue weighted by Gasteiger charge is 2.34. The van der Waals surface area contributed by atoms with Crippen molar-refractivity contribution in [2.75, 3.05) is 20.1 Å². The lowest BCUT2D eigenvalue weighted by molar-refractivity contribution is -0.150. The fraction of sp³-hybridized carbons (Fsp3) is 0.571. The van der Waals surface area contributed by atoms with Gasteiger partial charge >= 0.3 is 5.97 Å². The molecule has 11 nitrogen and oxygen atoms in total. The van der Waals surface area contributed by atoms with Crippen molar-refractivity contribution in [3.05, 3.63) is 39.8 Å². The minimum Gasteiger partial charge on any atom is -0.460 e. The van der Waals surface area contributed by atoms with Gasteiger partial charge in [-0.15, -0.1) is 0 Å². The van der Waals surface area contributed by atoms with Gasteiger partial charge in [0.2, 0.25) is 17.2 Å². The number of carbonyl (C=O) groups excluding carboxylic acids is 4. The monoisotopic (exact) mass is 541 g/mol. The topological polar surface area (TPSA) is 140 Å². The summed E-state index contributed by atoms with van der Waals surface area (Å²) in [6, 6.07) is 3.45. The molecule has 0 aliphatic carbocycles. The normalized spacial score (nSPS) is 16.8. The molecule has 3 heterocycles. The number of nitrogens with zero attached hydrogens (tertiary/aromatic N) is 3. The van der Waals surface area contributed by atoms with E-state index in [0.29, 0.717) is 56.4 Å². The number of esters is 1. The molecule has 11 heteroatoms. The van der Waals surface area contributed by atoms with Gasteiger partial charge in [-0.1, -0.05) is 6.42 Å². The summed E-state index contributed by atoms with van der Waals surface area (Å²) in [5.41, 5.74) is 1.14. The van der Waals surface area contributed by atoms with E-state index in [1.54, 1.807) is 27.8 Å². The van der Waals surface area contributed by atoms with Crippen LogP contribution < -0.4 is 16.1 Å². The zero-order chi connectivity index (χ0) is 28.5. The van der Waals surface area contributed by atoms with Crippen molar-refractivity contribution in [3.8, 4) is 0 Å². The van der Waals surface area contributed by atoms with Gasteiger partial charge in [0.15, 0.2) is 0 Å². The number of fused-ring (bicyclic) bond motifs is 1. The molecule has 39 heavy (non-hydrogen) atoms. The summed E-state index contributed by atoms with van der Waals surface area (Å²) in [6.45, 7) is 7.06. The predicted octanol–water partition coefficient (Wildman–Crippen LogP) is 2.07. The van der Waals surface area contributed by atoms with Crippen LogP contribution in [0.3, 0.4) is 0 Å². The molecule has 0 spiro atoms. The second-order valence-corrected chi connectivity index (χ2v) is 9.96. The van der Waals surface area contributed by atoms with Crippen molar-refractivity contribution in [1.82, 2.24) is 25.1 Å². The Labute approximate surface area is 228 Å². The van der Waals surface area contributed by atoms with Crippen molar-refractivity contribution in [3.63, 3.8) is 0 Å². The molecule has 0 aromatic carbocycles. The van der Waals surface area contributed by atoms with Crippen LogP contribution in [0.2, 0.25) is 0 Å². The van der Waals surface area contributed by atoms with Gasteiger partial charge in [0, 0.05) is 57.3 Å².